The first-order valence-corrected chi connectivity index (χ1v) is 7.13. The average Bonchev–Trinajstić information content (AvgIpc) is 3.12. The Labute approximate surface area is 118 Å². The van der Waals surface area contributed by atoms with Crippen LogP contribution in [0.4, 0.5) is 5.69 Å². The number of anilines is 1. The normalized spacial score (nSPS) is 15.2. The molecule has 0 aromatic heterocycles. The summed E-state index contributed by atoms with van der Waals surface area (Å²) in [4.78, 5) is 0. The predicted octanol–water partition coefficient (Wildman–Crippen LogP) is 3.17. The first kappa shape index (κ1) is 11.6. The van der Waals surface area contributed by atoms with Crippen LogP contribution in [-0.4, -0.2) is 13.2 Å². The minimum Gasteiger partial charge on any atom is -0.493 e. The van der Waals surface area contributed by atoms with Crippen molar-refractivity contribution in [1.82, 2.24) is 0 Å². The molecule has 0 bridgehead atoms. The summed E-state index contributed by atoms with van der Waals surface area (Å²) in [7, 11) is 0. The summed E-state index contributed by atoms with van der Waals surface area (Å²) in [5, 5.41) is 3.49. The predicted molar refractivity (Wildman–Crippen MR) is 78.6 cm³/mol. The second-order valence-corrected chi connectivity index (χ2v) is 5.32. The summed E-state index contributed by atoms with van der Waals surface area (Å²) in [5.74, 6) is 2.08. The van der Waals surface area contributed by atoms with Gasteiger partial charge in [-0.25, -0.2) is 0 Å². The zero-order valence-corrected chi connectivity index (χ0v) is 11.3. The van der Waals surface area contributed by atoms with Crippen molar-refractivity contribution in [3.05, 3.63) is 53.1 Å². The molecule has 0 atom stereocenters. The van der Waals surface area contributed by atoms with Gasteiger partial charge in [0, 0.05) is 25.1 Å². The molecule has 102 valence electrons. The first-order valence-electron chi connectivity index (χ1n) is 7.13. The van der Waals surface area contributed by atoms with Gasteiger partial charge in [-0.2, -0.15) is 0 Å². The van der Waals surface area contributed by atoms with E-state index < -0.39 is 0 Å². The van der Waals surface area contributed by atoms with Gasteiger partial charge in [0.2, 0.25) is 0 Å². The molecule has 0 unspecified atom stereocenters. The topological polar surface area (TPSA) is 30.5 Å². The Kier molecular flexibility index (Phi) is 2.76. The summed E-state index contributed by atoms with van der Waals surface area (Å²) in [6.07, 6.45) is 2.04. The van der Waals surface area contributed by atoms with Gasteiger partial charge in [0.1, 0.15) is 11.5 Å². The fraction of sp³-hybridized carbons (Fsp3) is 0.294. The van der Waals surface area contributed by atoms with Crippen LogP contribution in [0.1, 0.15) is 16.7 Å². The largest absolute Gasteiger partial charge is 0.493 e. The highest BCUT2D eigenvalue weighted by molar-refractivity contribution is 5.53. The molecule has 0 fully saturated rings. The van der Waals surface area contributed by atoms with Gasteiger partial charge in [0.15, 0.2) is 0 Å². The van der Waals surface area contributed by atoms with Crippen molar-refractivity contribution in [3.8, 4) is 11.5 Å². The monoisotopic (exact) mass is 267 g/mol. The maximum absolute atomic E-state index is 5.53. The second-order valence-electron chi connectivity index (χ2n) is 5.32. The highest BCUT2D eigenvalue weighted by Gasteiger charge is 2.13. The Morgan fingerprint density at radius 3 is 2.35 bits per heavy atom. The Hall–Kier alpha value is -2.16. The van der Waals surface area contributed by atoms with Crippen molar-refractivity contribution in [3.63, 3.8) is 0 Å². The van der Waals surface area contributed by atoms with Crippen LogP contribution in [0, 0.1) is 0 Å². The number of benzene rings is 2. The van der Waals surface area contributed by atoms with Crippen LogP contribution < -0.4 is 14.8 Å². The molecule has 2 aromatic rings. The fourth-order valence-electron chi connectivity index (χ4n) is 2.85. The Morgan fingerprint density at radius 1 is 0.850 bits per heavy atom. The molecule has 3 nitrogen and oxygen atoms in total. The second kappa shape index (κ2) is 4.75. The molecule has 0 saturated heterocycles. The maximum Gasteiger partial charge on any atom is 0.122 e. The van der Waals surface area contributed by atoms with E-state index in [1.165, 1.54) is 16.7 Å². The lowest BCUT2D eigenvalue weighted by molar-refractivity contribution is 0.356. The van der Waals surface area contributed by atoms with Gasteiger partial charge in [-0.1, -0.05) is 12.1 Å². The smallest absolute Gasteiger partial charge is 0.122 e. The average molecular weight is 267 g/mol. The highest BCUT2D eigenvalue weighted by atomic mass is 16.5. The van der Waals surface area contributed by atoms with Crippen LogP contribution in [0.3, 0.4) is 0 Å². The van der Waals surface area contributed by atoms with E-state index in [-0.39, 0.29) is 0 Å². The van der Waals surface area contributed by atoms with Crippen LogP contribution >= 0.6 is 0 Å². The van der Waals surface area contributed by atoms with E-state index in [2.05, 4.69) is 41.7 Å². The van der Waals surface area contributed by atoms with Gasteiger partial charge in [-0.15, -0.1) is 0 Å². The Morgan fingerprint density at radius 2 is 1.55 bits per heavy atom. The first-order chi connectivity index (χ1) is 9.88. The van der Waals surface area contributed by atoms with Gasteiger partial charge >= 0.3 is 0 Å². The van der Waals surface area contributed by atoms with Crippen molar-refractivity contribution in [2.24, 2.45) is 0 Å². The van der Waals surface area contributed by atoms with E-state index in [0.29, 0.717) is 0 Å². The van der Waals surface area contributed by atoms with Gasteiger partial charge in [-0.3, -0.25) is 0 Å². The van der Waals surface area contributed by atoms with Crippen molar-refractivity contribution in [2.75, 3.05) is 18.5 Å². The molecule has 3 heteroatoms. The molecule has 2 aromatic carbocycles. The lowest BCUT2D eigenvalue weighted by atomic mass is 10.1. The van der Waals surface area contributed by atoms with E-state index in [1.807, 2.05) is 0 Å². The molecule has 0 radical (unpaired) electrons. The number of nitrogens with one attached hydrogen (secondary N) is 1. The van der Waals surface area contributed by atoms with Crippen LogP contribution in [0.25, 0.3) is 0 Å². The molecular weight excluding hydrogens is 250 g/mol. The van der Waals surface area contributed by atoms with E-state index in [1.54, 1.807) is 0 Å². The maximum atomic E-state index is 5.53. The molecule has 20 heavy (non-hydrogen) atoms. The third-order valence-corrected chi connectivity index (χ3v) is 3.94. The minimum atomic E-state index is 0.809. The lowest BCUT2D eigenvalue weighted by Gasteiger charge is -2.09. The lowest BCUT2D eigenvalue weighted by Crippen LogP contribution is -2.00. The van der Waals surface area contributed by atoms with E-state index >= 15 is 0 Å². The summed E-state index contributed by atoms with van der Waals surface area (Å²) in [5.41, 5.74) is 5.08. The fourth-order valence-corrected chi connectivity index (χ4v) is 2.85. The third-order valence-electron chi connectivity index (χ3n) is 3.94. The number of hydrogen-bond donors (Lipinski definition) is 1. The van der Waals surface area contributed by atoms with Crippen LogP contribution in [0.5, 0.6) is 11.5 Å². The zero-order valence-electron chi connectivity index (χ0n) is 11.3. The van der Waals surface area contributed by atoms with Gasteiger partial charge in [0.25, 0.3) is 0 Å². The molecule has 0 spiro atoms. The standard InChI is InChI=1S/C17H17NO2/c1-3-16-13(5-7-19-16)9-12(1)11-18-15-2-4-17-14(10-15)6-8-20-17/h1-4,9-10,18H,5-8,11H2. The van der Waals surface area contributed by atoms with Crippen molar-refractivity contribution in [1.29, 1.82) is 0 Å². The molecule has 2 aliphatic heterocycles. The van der Waals surface area contributed by atoms with Gasteiger partial charge < -0.3 is 14.8 Å². The Balaban J connectivity index is 1.47. The van der Waals surface area contributed by atoms with Crippen molar-refractivity contribution >= 4 is 5.69 Å². The van der Waals surface area contributed by atoms with Crippen LogP contribution in [0.15, 0.2) is 36.4 Å². The highest BCUT2D eigenvalue weighted by Crippen LogP contribution is 2.29. The molecule has 4 rings (SSSR count). The minimum absolute atomic E-state index is 0.809. The summed E-state index contributed by atoms with van der Waals surface area (Å²) < 4.78 is 11.1. The molecule has 2 heterocycles. The van der Waals surface area contributed by atoms with E-state index in [4.69, 9.17) is 9.47 Å². The number of ether oxygens (including phenoxy) is 2. The Bertz CT molecular complexity index is 594. The molecule has 1 N–H and O–H groups in total. The molecule has 0 saturated carbocycles. The molecule has 2 aliphatic rings. The van der Waals surface area contributed by atoms with Crippen LogP contribution in [-0.2, 0) is 19.4 Å². The van der Waals surface area contributed by atoms with Gasteiger partial charge in [0.05, 0.1) is 13.2 Å². The summed E-state index contributed by atoms with van der Waals surface area (Å²) >= 11 is 0. The zero-order chi connectivity index (χ0) is 13.4. The van der Waals surface area contributed by atoms with E-state index in [0.717, 1.165) is 49.8 Å². The quantitative estimate of drug-likeness (QED) is 0.926. The molecule has 0 aliphatic carbocycles. The van der Waals surface area contributed by atoms with Crippen LogP contribution in [0.2, 0.25) is 0 Å². The van der Waals surface area contributed by atoms with Gasteiger partial charge in [-0.05, 0) is 41.0 Å². The number of fused-ring (bicyclic) bond motifs is 2. The third kappa shape index (κ3) is 2.09. The summed E-state index contributed by atoms with van der Waals surface area (Å²) in [6, 6.07) is 12.8. The summed E-state index contributed by atoms with van der Waals surface area (Å²) in [6.45, 7) is 2.47. The SMILES string of the molecule is c1cc2c(cc1CNc1ccc3c(c1)CCO3)CCO2. The van der Waals surface area contributed by atoms with E-state index in [9.17, 15) is 0 Å². The number of hydrogen-bond acceptors (Lipinski definition) is 3. The molecule has 0 amide bonds. The van der Waals surface area contributed by atoms with Crippen molar-refractivity contribution in [2.45, 2.75) is 19.4 Å². The number of rotatable bonds is 3. The molecular formula is C17H17NO2. The van der Waals surface area contributed by atoms with Crippen molar-refractivity contribution < 1.29 is 9.47 Å².